The Morgan fingerprint density at radius 3 is 2.55 bits per heavy atom. The molecule has 2 rings (SSSR count). The van der Waals surface area contributed by atoms with E-state index in [1.807, 2.05) is 45.3 Å². The highest BCUT2D eigenvalue weighted by Gasteiger charge is 2.30. The number of aromatic nitrogens is 1. The highest BCUT2D eigenvalue weighted by Crippen LogP contribution is 2.28. The predicted molar refractivity (Wildman–Crippen MR) is 79.4 cm³/mol. The van der Waals surface area contributed by atoms with Gasteiger partial charge in [-0.05, 0) is 51.3 Å². The molecule has 0 aromatic carbocycles. The van der Waals surface area contributed by atoms with Crippen LogP contribution in [0.15, 0.2) is 24.5 Å². The first-order valence-electron chi connectivity index (χ1n) is 7.39. The Morgan fingerprint density at radius 1 is 1.35 bits per heavy atom. The van der Waals surface area contributed by atoms with Crippen LogP contribution < -0.4 is 0 Å². The van der Waals surface area contributed by atoms with Crippen molar-refractivity contribution in [3.05, 3.63) is 30.1 Å². The number of aliphatic hydroxyl groups excluding tert-OH is 1. The summed E-state index contributed by atoms with van der Waals surface area (Å²) in [5.41, 5.74) is 1.05. The van der Waals surface area contributed by atoms with Gasteiger partial charge in [-0.2, -0.15) is 0 Å². The van der Waals surface area contributed by atoms with Gasteiger partial charge in [0.15, 0.2) is 0 Å². The molecule has 1 aromatic heterocycles. The average molecular weight is 278 g/mol. The van der Waals surface area contributed by atoms with E-state index in [0.29, 0.717) is 19.2 Å². The summed E-state index contributed by atoms with van der Waals surface area (Å²) in [6, 6.07) is 4.69. The maximum Gasteiger partial charge on any atom is 0.0900 e. The number of aliphatic hydroxyl groups is 1. The number of hydrogen-bond acceptors (Lipinski definition) is 4. The van der Waals surface area contributed by atoms with E-state index in [4.69, 9.17) is 4.74 Å². The molecule has 1 fully saturated rings. The van der Waals surface area contributed by atoms with Gasteiger partial charge in [-0.15, -0.1) is 0 Å². The van der Waals surface area contributed by atoms with Crippen molar-refractivity contribution in [1.82, 2.24) is 9.88 Å². The fourth-order valence-corrected chi connectivity index (χ4v) is 2.17. The average Bonchev–Trinajstić information content (AvgIpc) is 3.20. The van der Waals surface area contributed by atoms with Crippen LogP contribution in [0.2, 0.25) is 0 Å². The zero-order valence-corrected chi connectivity index (χ0v) is 12.7. The van der Waals surface area contributed by atoms with E-state index in [2.05, 4.69) is 9.88 Å². The molecule has 4 heteroatoms. The number of hydrogen-bond donors (Lipinski definition) is 1. The minimum atomic E-state index is -0.434. The Bertz CT molecular complexity index is 399. The van der Waals surface area contributed by atoms with Crippen LogP contribution in [0.25, 0.3) is 0 Å². The molecule has 1 atom stereocenters. The molecule has 4 nitrogen and oxygen atoms in total. The van der Waals surface area contributed by atoms with Crippen molar-refractivity contribution in [2.45, 2.75) is 57.9 Å². The molecule has 0 aliphatic heterocycles. The molecule has 1 aliphatic carbocycles. The lowest BCUT2D eigenvalue weighted by molar-refractivity contribution is -0.0572. The third kappa shape index (κ3) is 5.57. The normalized spacial score (nSPS) is 17.4. The molecule has 1 saturated carbocycles. The van der Waals surface area contributed by atoms with Gasteiger partial charge in [-0.3, -0.25) is 9.88 Å². The lowest BCUT2D eigenvalue weighted by Crippen LogP contribution is -2.37. The summed E-state index contributed by atoms with van der Waals surface area (Å²) in [5, 5.41) is 10.2. The van der Waals surface area contributed by atoms with E-state index in [0.717, 1.165) is 6.54 Å². The molecule has 0 amide bonds. The number of rotatable bonds is 7. The van der Waals surface area contributed by atoms with Gasteiger partial charge in [0.2, 0.25) is 0 Å². The van der Waals surface area contributed by atoms with E-state index in [1.165, 1.54) is 18.4 Å². The van der Waals surface area contributed by atoms with E-state index in [-0.39, 0.29) is 5.60 Å². The monoisotopic (exact) mass is 278 g/mol. The molecule has 1 heterocycles. The third-order valence-corrected chi connectivity index (χ3v) is 3.35. The Hall–Kier alpha value is -0.970. The van der Waals surface area contributed by atoms with Crippen LogP contribution in [0.4, 0.5) is 0 Å². The molecule has 1 unspecified atom stereocenters. The van der Waals surface area contributed by atoms with Crippen LogP contribution in [0, 0.1) is 0 Å². The van der Waals surface area contributed by atoms with Gasteiger partial charge in [0.25, 0.3) is 0 Å². The predicted octanol–water partition coefficient (Wildman–Crippen LogP) is 2.22. The molecule has 1 N–H and O–H groups in total. The zero-order valence-electron chi connectivity index (χ0n) is 12.7. The minimum Gasteiger partial charge on any atom is -0.389 e. The van der Waals surface area contributed by atoms with E-state index >= 15 is 0 Å². The van der Waals surface area contributed by atoms with Crippen molar-refractivity contribution >= 4 is 0 Å². The summed E-state index contributed by atoms with van der Waals surface area (Å²) in [7, 11) is 0. The molecule has 1 aliphatic rings. The van der Waals surface area contributed by atoms with Crippen LogP contribution >= 0.6 is 0 Å². The van der Waals surface area contributed by atoms with Gasteiger partial charge in [0.05, 0.1) is 18.3 Å². The molecule has 112 valence electrons. The minimum absolute atomic E-state index is 0.198. The maximum atomic E-state index is 10.2. The largest absolute Gasteiger partial charge is 0.389 e. The molecule has 1 aromatic rings. The lowest BCUT2D eigenvalue weighted by atomic mass is 10.2. The maximum absolute atomic E-state index is 10.2. The first kappa shape index (κ1) is 15.4. The standard InChI is InChI=1S/C16H26N2O2/c1-16(2,3)20-12-15(19)11-18(14-4-5-14)10-13-6-8-17-9-7-13/h6-9,14-15,19H,4-5,10-12H2,1-3H3. The number of nitrogens with zero attached hydrogens (tertiary/aromatic N) is 2. The van der Waals surface area contributed by atoms with E-state index < -0.39 is 6.10 Å². The molecule has 0 bridgehead atoms. The Labute approximate surface area is 121 Å². The van der Waals surface area contributed by atoms with Crippen molar-refractivity contribution in [2.75, 3.05) is 13.2 Å². The van der Waals surface area contributed by atoms with Gasteiger partial charge in [-0.1, -0.05) is 0 Å². The SMILES string of the molecule is CC(C)(C)OCC(O)CN(Cc1ccncc1)C1CC1. The summed E-state index contributed by atoms with van der Waals surface area (Å²) in [4.78, 5) is 6.40. The summed E-state index contributed by atoms with van der Waals surface area (Å²) < 4.78 is 5.66. The van der Waals surface area contributed by atoms with Crippen LogP contribution in [0.1, 0.15) is 39.2 Å². The van der Waals surface area contributed by atoms with Crippen LogP contribution in [0.3, 0.4) is 0 Å². The first-order chi connectivity index (χ1) is 9.44. The van der Waals surface area contributed by atoms with Gasteiger partial charge < -0.3 is 9.84 Å². The quantitative estimate of drug-likeness (QED) is 0.830. The second-order valence-corrected chi connectivity index (χ2v) is 6.59. The van der Waals surface area contributed by atoms with Crippen molar-refractivity contribution in [3.63, 3.8) is 0 Å². The van der Waals surface area contributed by atoms with E-state index in [1.54, 1.807) is 0 Å². The molecular formula is C16H26N2O2. The molecule has 20 heavy (non-hydrogen) atoms. The van der Waals surface area contributed by atoms with Crippen molar-refractivity contribution in [3.8, 4) is 0 Å². The second kappa shape index (κ2) is 6.66. The number of pyridine rings is 1. The Morgan fingerprint density at radius 2 is 2.00 bits per heavy atom. The third-order valence-electron chi connectivity index (χ3n) is 3.35. The van der Waals surface area contributed by atoms with Crippen molar-refractivity contribution in [2.24, 2.45) is 0 Å². The molecule has 0 spiro atoms. The molecule has 0 saturated heterocycles. The van der Waals surface area contributed by atoms with Gasteiger partial charge in [-0.25, -0.2) is 0 Å². The zero-order chi connectivity index (χ0) is 14.6. The highest BCUT2D eigenvalue weighted by atomic mass is 16.5. The van der Waals surface area contributed by atoms with E-state index in [9.17, 15) is 5.11 Å². The second-order valence-electron chi connectivity index (χ2n) is 6.59. The van der Waals surface area contributed by atoms with Gasteiger partial charge >= 0.3 is 0 Å². The smallest absolute Gasteiger partial charge is 0.0900 e. The molecular weight excluding hydrogens is 252 g/mol. The van der Waals surface area contributed by atoms with Crippen LogP contribution in [-0.2, 0) is 11.3 Å². The van der Waals surface area contributed by atoms with Gasteiger partial charge in [0, 0.05) is 31.5 Å². The van der Waals surface area contributed by atoms with Crippen LogP contribution in [0.5, 0.6) is 0 Å². The summed E-state index contributed by atoms with van der Waals surface area (Å²) in [6.45, 7) is 7.96. The van der Waals surface area contributed by atoms with Gasteiger partial charge in [0.1, 0.15) is 0 Å². The van der Waals surface area contributed by atoms with Crippen molar-refractivity contribution < 1.29 is 9.84 Å². The lowest BCUT2D eigenvalue weighted by Gasteiger charge is -2.27. The fourth-order valence-electron chi connectivity index (χ4n) is 2.17. The summed E-state index contributed by atoms with van der Waals surface area (Å²) in [6.07, 6.45) is 5.67. The van der Waals surface area contributed by atoms with Crippen LogP contribution in [-0.4, -0.2) is 45.9 Å². The first-order valence-corrected chi connectivity index (χ1v) is 7.39. The Kier molecular flexibility index (Phi) is 5.13. The summed E-state index contributed by atoms with van der Waals surface area (Å²) >= 11 is 0. The summed E-state index contributed by atoms with van der Waals surface area (Å²) in [5.74, 6) is 0. The molecule has 0 radical (unpaired) electrons. The topological polar surface area (TPSA) is 45.6 Å². The highest BCUT2D eigenvalue weighted by molar-refractivity contribution is 5.10. The number of ether oxygens (including phenoxy) is 1. The van der Waals surface area contributed by atoms with Crippen molar-refractivity contribution in [1.29, 1.82) is 0 Å². The fraction of sp³-hybridized carbons (Fsp3) is 0.688. The Balaban J connectivity index is 1.83.